The summed E-state index contributed by atoms with van der Waals surface area (Å²) in [6.45, 7) is 3.16. The maximum absolute atomic E-state index is 12.8. The van der Waals surface area contributed by atoms with Crippen molar-refractivity contribution in [1.82, 2.24) is 19.9 Å². The number of carbonyl (C=O) groups excluding carboxylic acids is 1. The van der Waals surface area contributed by atoms with Crippen LogP contribution in [0.4, 0.5) is 5.13 Å². The summed E-state index contributed by atoms with van der Waals surface area (Å²) < 4.78 is 28.4. The van der Waals surface area contributed by atoms with Crippen LogP contribution in [0.5, 0.6) is 0 Å². The lowest BCUT2D eigenvalue weighted by Gasteiger charge is -2.07. The molecule has 0 aliphatic heterocycles. The Labute approximate surface area is 191 Å². The molecule has 0 unspecified atom stereocenters. The number of sulfonamides is 1. The van der Waals surface area contributed by atoms with Crippen molar-refractivity contribution in [1.29, 1.82) is 0 Å². The predicted octanol–water partition coefficient (Wildman–Crippen LogP) is 4.11. The van der Waals surface area contributed by atoms with Gasteiger partial charge in [-0.15, -0.1) is 22.7 Å². The van der Waals surface area contributed by atoms with E-state index in [0.717, 1.165) is 38.0 Å². The molecule has 4 heterocycles. The summed E-state index contributed by atoms with van der Waals surface area (Å²) in [6, 6.07) is 7.94. The maximum Gasteiger partial charge on any atom is 0.252 e. The van der Waals surface area contributed by atoms with Crippen molar-refractivity contribution in [2.75, 3.05) is 11.9 Å². The molecule has 0 saturated heterocycles. The van der Waals surface area contributed by atoms with Crippen molar-refractivity contribution >= 4 is 55.1 Å². The van der Waals surface area contributed by atoms with Gasteiger partial charge in [0, 0.05) is 19.0 Å². The monoisotopic (exact) mass is 493 g/mol. The van der Waals surface area contributed by atoms with Crippen molar-refractivity contribution in [3.05, 3.63) is 46.3 Å². The molecule has 3 N–H and O–H groups in total. The third-order valence-corrected chi connectivity index (χ3v) is 9.24. The SMILES string of the molecule is CC(=O)Nc1nc(C)c(S(=O)(=O)NCCc2c(-c3cccs3)n[nH]c2-c2cccs2)s1. The van der Waals surface area contributed by atoms with E-state index < -0.39 is 10.0 Å². The molecule has 1 amide bonds. The van der Waals surface area contributed by atoms with Gasteiger partial charge in [0.05, 0.1) is 21.1 Å². The van der Waals surface area contributed by atoms with Crippen LogP contribution in [0, 0.1) is 6.92 Å². The number of aromatic nitrogens is 3. The molecule has 0 aromatic carbocycles. The van der Waals surface area contributed by atoms with Crippen molar-refractivity contribution in [3.8, 4) is 21.1 Å². The van der Waals surface area contributed by atoms with E-state index in [4.69, 9.17) is 0 Å². The zero-order valence-electron chi connectivity index (χ0n) is 16.6. The molecule has 0 bridgehead atoms. The van der Waals surface area contributed by atoms with Crippen LogP contribution in [0.25, 0.3) is 21.1 Å². The summed E-state index contributed by atoms with van der Waals surface area (Å²) in [5, 5.41) is 14.4. The summed E-state index contributed by atoms with van der Waals surface area (Å²) in [4.78, 5) is 17.4. The van der Waals surface area contributed by atoms with Crippen molar-refractivity contribution in [2.45, 2.75) is 24.5 Å². The molecular formula is C19H19N5O3S4. The van der Waals surface area contributed by atoms with Gasteiger partial charge in [0.2, 0.25) is 5.91 Å². The van der Waals surface area contributed by atoms with Crippen LogP contribution in [-0.2, 0) is 21.2 Å². The average molecular weight is 494 g/mol. The fraction of sp³-hybridized carbons (Fsp3) is 0.211. The van der Waals surface area contributed by atoms with Gasteiger partial charge >= 0.3 is 0 Å². The number of carbonyl (C=O) groups is 1. The molecule has 0 radical (unpaired) electrons. The van der Waals surface area contributed by atoms with Crippen LogP contribution in [0.15, 0.2) is 39.2 Å². The second kappa shape index (κ2) is 9.01. The van der Waals surface area contributed by atoms with E-state index in [1.54, 1.807) is 29.6 Å². The fourth-order valence-electron chi connectivity index (χ4n) is 3.06. The Bertz CT molecular complexity index is 1240. The van der Waals surface area contributed by atoms with Crippen molar-refractivity contribution in [2.24, 2.45) is 0 Å². The molecule has 0 aliphatic rings. The van der Waals surface area contributed by atoms with Gasteiger partial charge in [0.1, 0.15) is 5.69 Å². The summed E-state index contributed by atoms with van der Waals surface area (Å²) in [6.07, 6.45) is 0.465. The normalized spacial score (nSPS) is 11.7. The molecule has 8 nitrogen and oxygen atoms in total. The molecule has 4 rings (SSSR count). The Morgan fingerprint density at radius 1 is 1.16 bits per heavy atom. The number of thiophene rings is 2. The number of amides is 1. The van der Waals surface area contributed by atoms with Gasteiger partial charge in [-0.25, -0.2) is 18.1 Å². The van der Waals surface area contributed by atoms with E-state index in [0.29, 0.717) is 12.1 Å². The minimum Gasteiger partial charge on any atom is -0.302 e. The molecule has 162 valence electrons. The summed E-state index contributed by atoms with van der Waals surface area (Å²) in [5.41, 5.74) is 3.05. The lowest BCUT2D eigenvalue weighted by Crippen LogP contribution is -2.26. The number of nitrogens with zero attached hydrogens (tertiary/aromatic N) is 2. The zero-order chi connectivity index (χ0) is 22.0. The smallest absolute Gasteiger partial charge is 0.252 e. The summed E-state index contributed by atoms with van der Waals surface area (Å²) in [7, 11) is -3.76. The van der Waals surface area contributed by atoms with E-state index in [2.05, 4.69) is 25.2 Å². The average Bonchev–Trinajstić information content (AvgIpc) is 3.48. The molecule has 31 heavy (non-hydrogen) atoms. The topological polar surface area (TPSA) is 117 Å². The van der Waals surface area contributed by atoms with Crippen molar-refractivity contribution in [3.63, 3.8) is 0 Å². The highest BCUT2D eigenvalue weighted by Gasteiger charge is 2.23. The molecule has 0 spiro atoms. The first kappa shape index (κ1) is 21.8. The first-order valence-corrected chi connectivity index (χ1v) is 13.3. The number of H-pyrrole nitrogens is 1. The molecular weight excluding hydrogens is 475 g/mol. The number of nitrogens with one attached hydrogen (secondary N) is 3. The minimum absolute atomic E-state index is 0.0976. The Morgan fingerprint density at radius 3 is 2.52 bits per heavy atom. The van der Waals surface area contributed by atoms with Gasteiger partial charge in [0.15, 0.2) is 9.34 Å². The number of hydrogen-bond donors (Lipinski definition) is 3. The third kappa shape index (κ3) is 4.77. The molecule has 0 fully saturated rings. The highest BCUT2D eigenvalue weighted by atomic mass is 32.2. The lowest BCUT2D eigenvalue weighted by atomic mass is 10.1. The van der Waals surface area contributed by atoms with Crippen LogP contribution in [0.1, 0.15) is 18.2 Å². The number of rotatable bonds is 8. The number of thiazole rings is 1. The fourth-order valence-corrected chi connectivity index (χ4v) is 7.09. The number of hydrogen-bond acceptors (Lipinski definition) is 8. The quantitative estimate of drug-likeness (QED) is 0.341. The van der Waals surface area contributed by atoms with Crippen LogP contribution >= 0.6 is 34.0 Å². The molecule has 12 heteroatoms. The van der Waals surface area contributed by atoms with Gasteiger partial charge in [-0.2, -0.15) is 5.10 Å². The number of aryl methyl sites for hydroxylation is 1. The van der Waals surface area contributed by atoms with E-state index >= 15 is 0 Å². The maximum atomic E-state index is 12.8. The minimum atomic E-state index is -3.76. The Hall–Kier alpha value is -2.38. The zero-order valence-corrected chi connectivity index (χ0v) is 19.9. The van der Waals surface area contributed by atoms with Crippen LogP contribution in [-0.4, -0.2) is 36.1 Å². The standard InChI is InChI=1S/C19H19N5O3S4/c1-11-18(30-19(21-11)22-12(2)25)31(26,27)20-8-7-13-16(14-5-3-9-28-14)23-24-17(13)15-6-4-10-29-15/h3-6,9-10,20H,7-8H2,1-2H3,(H,23,24)(H,21,22,25). The summed E-state index contributed by atoms with van der Waals surface area (Å²) in [5.74, 6) is -0.298. The predicted molar refractivity (Wildman–Crippen MR) is 125 cm³/mol. The molecule has 4 aromatic heterocycles. The highest BCUT2D eigenvalue weighted by Crippen LogP contribution is 2.35. The van der Waals surface area contributed by atoms with Gasteiger partial charge in [-0.05, 0) is 36.2 Å². The van der Waals surface area contributed by atoms with Gasteiger partial charge in [0.25, 0.3) is 10.0 Å². The first-order chi connectivity index (χ1) is 14.8. The van der Waals surface area contributed by atoms with Gasteiger partial charge in [-0.3, -0.25) is 9.89 Å². The van der Waals surface area contributed by atoms with Crippen molar-refractivity contribution < 1.29 is 13.2 Å². The van der Waals surface area contributed by atoms with Crippen LogP contribution in [0.2, 0.25) is 0 Å². The Kier molecular flexibility index (Phi) is 6.34. The summed E-state index contributed by atoms with van der Waals surface area (Å²) >= 11 is 4.12. The van der Waals surface area contributed by atoms with Gasteiger partial charge < -0.3 is 5.32 Å². The second-order valence-electron chi connectivity index (χ2n) is 6.60. The Balaban J connectivity index is 1.55. The second-order valence-corrected chi connectivity index (χ2v) is 11.5. The van der Waals surface area contributed by atoms with Gasteiger partial charge in [-0.1, -0.05) is 23.5 Å². The lowest BCUT2D eigenvalue weighted by molar-refractivity contribution is -0.114. The number of anilines is 1. The van der Waals surface area contributed by atoms with E-state index in [9.17, 15) is 13.2 Å². The number of aromatic amines is 1. The van der Waals surface area contributed by atoms with E-state index in [1.165, 1.54) is 6.92 Å². The molecule has 0 atom stereocenters. The third-order valence-electron chi connectivity index (χ3n) is 4.34. The highest BCUT2D eigenvalue weighted by molar-refractivity contribution is 7.91. The first-order valence-electron chi connectivity index (χ1n) is 9.25. The van der Waals surface area contributed by atoms with E-state index in [1.807, 2.05) is 35.0 Å². The Morgan fingerprint density at radius 2 is 1.87 bits per heavy atom. The van der Waals surface area contributed by atoms with E-state index in [-0.39, 0.29) is 21.8 Å². The molecule has 4 aromatic rings. The largest absolute Gasteiger partial charge is 0.302 e. The molecule has 0 aliphatic carbocycles. The molecule has 0 saturated carbocycles. The van der Waals surface area contributed by atoms with Crippen LogP contribution < -0.4 is 10.0 Å². The van der Waals surface area contributed by atoms with Crippen LogP contribution in [0.3, 0.4) is 0 Å².